The number of carbonyl (C=O) groups excluding carboxylic acids is 3. The van der Waals surface area contributed by atoms with Crippen LogP contribution in [-0.2, 0) is 27.2 Å². The van der Waals surface area contributed by atoms with Crippen LogP contribution in [0.1, 0.15) is 31.8 Å². The van der Waals surface area contributed by atoms with E-state index in [2.05, 4.69) is 10.6 Å². The Hall–Kier alpha value is -6.02. The Bertz CT molecular complexity index is 1830. The number of hydrogen-bond acceptors (Lipinski definition) is 5. The van der Waals surface area contributed by atoms with Gasteiger partial charge >= 0.3 is 11.9 Å². The molecule has 0 saturated carbocycles. The minimum atomic E-state index is -0.942. The molecular weight excluding hydrogens is 568 g/mol. The largest absolute Gasteiger partial charge is 0.481 e. The van der Waals surface area contributed by atoms with Crippen molar-refractivity contribution in [1.82, 2.24) is 0 Å². The number of methoxy groups -OCH3 is 1. The van der Waals surface area contributed by atoms with E-state index in [1.54, 1.807) is 48.5 Å². The number of nitrogens with one attached hydrogen (secondary N) is 2. The molecule has 0 spiro atoms. The molecule has 0 aromatic heterocycles. The number of rotatable bonds is 10. The number of carboxylic acid groups (broad SMARTS) is 1. The highest BCUT2D eigenvalue weighted by Crippen LogP contribution is 2.25. The SMILES string of the molecule is COC(=O)c1ccc(-c2ccc(C(=O)Nc3ccc(-c4ccc(NC(=O)Cc5ccccc5CC(=O)O)cc4)cc3)cc2)cc1. The molecule has 8 heteroatoms. The van der Waals surface area contributed by atoms with Gasteiger partial charge in [-0.05, 0) is 81.9 Å². The molecule has 0 aliphatic rings. The first-order chi connectivity index (χ1) is 21.8. The van der Waals surface area contributed by atoms with Gasteiger partial charge in [0.2, 0.25) is 5.91 Å². The third-order valence-corrected chi connectivity index (χ3v) is 7.24. The predicted octanol–water partition coefficient (Wildman–Crippen LogP) is 6.87. The second kappa shape index (κ2) is 14.0. The van der Waals surface area contributed by atoms with Crippen molar-refractivity contribution < 1.29 is 29.0 Å². The molecule has 3 N–H and O–H groups in total. The van der Waals surface area contributed by atoms with Crippen molar-refractivity contribution in [2.75, 3.05) is 17.7 Å². The lowest BCUT2D eigenvalue weighted by Crippen LogP contribution is -2.16. The zero-order chi connectivity index (χ0) is 31.8. The fourth-order valence-electron chi connectivity index (χ4n) is 4.87. The van der Waals surface area contributed by atoms with Gasteiger partial charge in [0.15, 0.2) is 0 Å². The van der Waals surface area contributed by atoms with Crippen molar-refractivity contribution in [1.29, 1.82) is 0 Å². The van der Waals surface area contributed by atoms with Crippen LogP contribution in [0.2, 0.25) is 0 Å². The lowest BCUT2D eigenvalue weighted by molar-refractivity contribution is -0.136. The van der Waals surface area contributed by atoms with Gasteiger partial charge in [-0.1, -0.05) is 72.8 Å². The summed E-state index contributed by atoms with van der Waals surface area (Å²) in [5.74, 6) is -1.80. The minimum Gasteiger partial charge on any atom is -0.481 e. The van der Waals surface area contributed by atoms with Gasteiger partial charge in [-0.15, -0.1) is 0 Å². The highest BCUT2D eigenvalue weighted by molar-refractivity contribution is 6.04. The van der Waals surface area contributed by atoms with Gasteiger partial charge in [0.25, 0.3) is 5.91 Å². The Balaban J connectivity index is 1.16. The van der Waals surface area contributed by atoms with Crippen LogP contribution in [0, 0.1) is 0 Å². The Morgan fingerprint density at radius 2 is 0.978 bits per heavy atom. The molecule has 5 rings (SSSR count). The van der Waals surface area contributed by atoms with Gasteiger partial charge in [-0.2, -0.15) is 0 Å². The summed E-state index contributed by atoms with van der Waals surface area (Å²) in [6, 6.07) is 36.2. The highest BCUT2D eigenvalue weighted by Gasteiger charge is 2.12. The maximum Gasteiger partial charge on any atom is 0.337 e. The number of aliphatic carboxylic acids is 1. The molecule has 0 saturated heterocycles. The van der Waals surface area contributed by atoms with E-state index in [4.69, 9.17) is 9.84 Å². The van der Waals surface area contributed by atoms with E-state index in [9.17, 15) is 19.2 Å². The Labute approximate surface area is 260 Å². The summed E-state index contributed by atoms with van der Waals surface area (Å²) in [4.78, 5) is 48.2. The normalized spacial score (nSPS) is 10.5. The molecule has 0 bridgehead atoms. The summed E-state index contributed by atoms with van der Waals surface area (Å²) in [6.07, 6.45) is -0.0558. The molecule has 2 amide bonds. The molecule has 0 radical (unpaired) electrons. The first-order valence-electron chi connectivity index (χ1n) is 14.2. The maximum atomic E-state index is 12.9. The number of carboxylic acids is 1. The number of benzene rings is 5. The molecule has 0 atom stereocenters. The van der Waals surface area contributed by atoms with Crippen LogP contribution in [0.15, 0.2) is 121 Å². The number of ether oxygens (including phenoxy) is 1. The average molecular weight is 599 g/mol. The first kappa shape index (κ1) is 30.4. The van der Waals surface area contributed by atoms with Gasteiger partial charge in [0.05, 0.1) is 25.5 Å². The van der Waals surface area contributed by atoms with Gasteiger partial charge in [0.1, 0.15) is 0 Å². The minimum absolute atomic E-state index is 0.0782. The van der Waals surface area contributed by atoms with Gasteiger partial charge in [0, 0.05) is 16.9 Å². The Morgan fingerprint density at radius 1 is 0.556 bits per heavy atom. The molecule has 0 aliphatic heterocycles. The van der Waals surface area contributed by atoms with E-state index in [0.717, 1.165) is 22.3 Å². The third kappa shape index (κ3) is 7.88. The number of anilines is 2. The number of hydrogen-bond donors (Lipinski definition) is 3. The van der Waals surface area contributed by atoms with E-state index in [1.165, 1.54) is 7.11 Å². The lowest BCUT2D eigenvalue weighted by Gasteiger charge is -2.10. The molecule has 5 aromatic carbocycles. The summed E-state index contributed by atoms with van der Waals surface area (Å²) in [5, 5.41) is 14.9. The van der Waals surface area contributed by atoms with Crippen LogP contribution in [0.5, 0.6) is 0 Å². The van der Waals surface area contributed by atoms with Crippen molar-refractivity contribution in [2.45, 2.75) is 12.8 Å². The van der Waals surface area contributed by atoms with Crippen molar-refractivity contribution in [3.63, 3.8) is 0 Å². The molecule has 8 nitrogen and oxygen atoms in total. The predicted molar refractivity (Wildman–Crippen MR) is 173 cm³/mol. The van der Waals surface area contributed by atoms with E-state index >= 15 is 0 Å². The van der Waals surface area contributed by atoms with E-state index < -0.39 is 11.9 Å². The van der Waals surface area contributed by atoms with Gasteiger partial charge in [-0.3, -0.25) is 14.4 Å². The number of carbonyl (C=O) groups is 4. The fourth-order valence-corrected chi connectivity index (χ4v) is 4.87. The van der Waals surface area contributed by atoms with Crippen molar-refractivity contribution in [3.8, 4) is 22.3 Å². The van der Waals surface area contributed by atoms with Gasteiger partial charge in [-0.25, -0.2) is 4.79 Å². The van der Waals surface area contributed by atoms with Crippen molar-refractivity contribution in [2.24, 2.45) is 0 Å². The van der Waals surface area contributed by atoms with E-state index in [-0.39, 0.29) is 24.7 Å². The molecule has 0 heterocycles. The summed E-state index contributed by atoms with van der Waals surface area (Å²) in [7, 11) is 1.34. The van der Waals surface area contributed by atoms with Crippen molar-refractivity contribution >= 4 is 35.1 Å². The highest BCUT2D eigenvalue weighted by atomic mass is 16.5. The Kier molecular flexibility index (Phi) is 9.45. The summed E-state index contributed by atoms with van der Waals surface area (Å²) in [5.41, 5.74) is 7.28. The van der Waals surface area contributed by atoms with E-state index in [1.807, 2.05) is 72.8 Å². The zero-order valence-electron chi connectivity index (χ0n) is 24.4. The quantitative estimate of drug-likeness (QED) is 0.151. The standard InChI is InChI=1S/C37H30N2O6/c1-45-37(44)29-12-8-25(9-13-29)24-6-10-28(11-7-24)36(43)39-33-20-16-27(17-21-33)26-14-18-32(19-15-26)38-34(40)22-30-4-2-3-5-31(30)23-35(41)42/h2-21H,22-23H2,1H3,(H,38,40)(H,39,43)(H,41,42). The summed E-state index contributed by atoms with van der Waals surface area (Å²) in [6.45, 7) is 0. The van der Waals surface area contributed by atoms with E-state index in [0.29, 0.717) is 33.6 Å². The first-order valence-corrected chi connectivity index (χ1v) is 14.2. The van der Waals surface area contributed by atoms with Gasteiger partial charge < -0.3 is 20.5 Å². The molecule has 0 unspecified atom stereocenters. The van der Waals surface area contributed by atoms with Crippen LogP contribution in [0.25, 0.3) is 22.3 Å². The number of esters is 1. The zero-order valence-corrected chi connectivity index (χ0v) is 24.4. The van der Waals surface area contributed by atoms with Crippen LogP contribution >= 0.6 is 0 Å². The molecule has 224 valence electrons. The second-order valence-corrected chi connectivity index (χ2v) is 10.3. The van der Waals surface area contributed by atoms with Crippen LogP contribution in [0.3, 0.4) is 0 Å². The maximum absolute atomic E-state index is 12.9. The monoisotopic (exact) mass is 598 g/mol. The van der Waals surface area contributed by atoms with Crippen LogP contribution in [0.4, 0.5) is 11.4 Å². The fraction of sp³-hybridized carbons (Fsp3) is 0.0811. The summed E-state index contributed by atoms with van der Waals surface area (Å²) < 4.78 is 4.74. The number of amides is 2. The topological polar surface area (TPSA) is 122 Å². The second-order valence-electron chi connectivity index (χ2n) is 10.3. The lowest BCUT2D eigenvalue weighted by atomic mass is 10.0. The smallest absolute Gasteiger partial charge is 0.337 e. The molecule has 45 heavy (non-hydrogen) atoms. The molecular formula is C37H30N2O6. The summed E-state index contributed by atoms with van der Waals surface area (Å²) >= 11 is 0. The molecule has 0 fully saturated rings. The molecule has 5 aromatic rings. The third-order valence-electron chi connectivity index (χ3n) is 7.24. The Morgan fingerprint density at radius 3 is 1.44 bits per heavy atom. The van der Waals surface area contributed by atoms with Crippen LogP contribution < -0.4 is 10.6 Å². The average Bonchev–Trinajstić information content (AvgIpc) is 3.06. The molecule has 0 aliphatic carbocycles. The van der Waals surface area contributed by atoms with Crippen LogP contribution in [-0.4, -0.2) is 36.0 Å². The van der Waals surface area contributed by atoms with Crippen molar-refractivity contribution in [3.05, 3.63) is 144 Å².